The van der Waals surface area contributed by atoms with Crippen LogP contribution in [0.4, 0.5) is 0 Å². The molecule has 0 heterocycles. The number of hydrogen-bond donors (Lipinski definition) is 1. The van der Waals surface area contributed by atoms with Gasteiger partial charge in [0, 0.05) is 13.1 Å². The normalized spacial score (nSPS) is 16.3. The summed E-state index contributed by atoms with van der Waals surface area (Å²) in [6.07, 6.45) is 4.62. The Labute approximate surface area is 159 Å². The van der Waals surface area contributed by atoms with E-state index in [1.165, 1.54) is 0 Å². The van der Waals surface area contributed by atoms with Gasteiger partial charge in [-0.05, 0) is 44.4 Å². The molecule has 1 aromatic carbocycles. The second-order valence-electron chi connectivity index (χ2n) is 6.59. The van der Waals surface area contributed by atoms with Gasteiger partial charge in [-0.1, -0.05) is 48.5 Å². The van der Waals surface area contributed by atoms with Crippen LogP contribution in [0.15, 0.2) is 18.2 Å². The first-order valence-corrected chi connectivity index (χ1v) is 9.71. The molecule has 2 rings (SSSR count). The van der Waals surface area contributed by atoms with Gasteiger partial charge in [0.15, 0.2) is 0 Å². The van der Waals surface area contributed by atoms with Gasteiger partial charge in [-0.3, -0.25) is 9.59 Å². The summed E-state index contributed by atoms with van der Waals surface area (Å²) >= 11 is 11.9. The number of benzene rings is 1. The number of nitrogens with one attached hydrogen (secondary N) is 1. The number of likely N-dealkylation sites (N-methyl/N-ethyl adjacent to an activating group) is 1. The first-order chi connectivity index (χ1) is 11.9. The fourth-order valence-electron chi connectivity index (χ4n) is 3.51. The molecule has 0 saturated heterocycles. The number of carbonyl (C=O) groups excluding carboxylic acids is 2. The average molecular weight is 385 g/mol. The van der Waals surface area contributed by atoms with Crippen LogP contribution in [0.1, 0.15) is 51.5 Å². The van der Waals surface area contributed by atoms with E-state index in [2.05, 4.69) is 5.32 Å². The quantitative estimate of drug-likeness (QED) is 0.797. The van der Waals surface area contributed by atoms with Gasteiger partial charge >= 0.3 is 0 Å². The fourth-order valence-corrected chi connectivity index (χ4v) is 3.83. The number of amides is 2. The zero-order valence-electron chi connectivity index (χ0n) is 14.9. The van der Waals surface area contributed by atoms with Gasteiger partial charge in [0.2, 0.25) is 11.8 Å². The maximum absolute atomic E-state index is 13.0. The van der Waals surface area contributed by atoms with E-state index in [4.69, 9.17) is 23.2 Å². The van der Waals surface area contributed by atoms with Crippen molar-refractivity contribution in [3.63, 3.8) is 0 Å². The van der Waals surface area contributed by atoms with Crippen LogP contribution in [-0.4, -0.2) is 35.3 Å². The molecule has 0 aromatic heterocycles. The SMILES string of the molecule is CCN(CC)C(=O)C1(NC(=O)Cc2ccc(Cl)c(Cl)c2)CCCCC1. The van der Waals surface area contributed by atoms with E-state index in [1.807, 2.05) is 18.7 Å². The molecule has 25 heavy (non-hydrogen) atoms. The summed E-state index contributed by atoms with van der Waals surface area (Å²) in [5, 5.41) is 3.95. The maximum atomic E-state index is 13.0. The Hall–Kier alpha value is -1.26. The fraction of sp³-hybridized carbons (Fsp3) is 0.579. The molecule has 2 amide bonds. The first-order valence-electron chi connectivity index (χ1n) is 8.96. The van der Waals surface area contributed by atoms with Crippen molar-refractivity contribution in [2.45, 2.75) is 57.9 Å². The van der Waals surface area contributed by atoms with Crippen LogP contribution in [0.2, 0.25) is 10.0 Å². The molecule has 1 N–H and O–H groups in total. The number of rotatable bonds is 6. The van der Waals surface area contributed by atoms with Crippen LogP contribution in [0.5, 0.6) is 0 Å². The summed E-state index contributed by atoms with van der Waals surface area (Å²) in [5.74, 6) is -0.111. The number of halogens is 2. The highest BCUT2D eigenvalue weighted by molar-refractivity contribution is 6.42. The van der Waals surface area contributed by atoms with Crippen molar-refractivity contribution in [1.82, 2.24) is 10.2 Å². The largest absolute Gasteiger partial charge is 0.341 e. The smallest absolute Gasteiger partial charge is 0.248 e. The molecule has 1 aliphatic carbocycles. The molecule has 4 nitrogen and oxygen atoms in total. The zero-order valence-corrected chi connectivity index (χ0v) is 16.4. The minimum Gasteiger partial charge on any atom is -0.341 e. The van der Waals surface area contributed by atoms with Gasteiger partial charge in [0.05, 0.1) is 16.5 Å². The monoisotopic (exact) mass is 384 g/mol. The Bertz CT molecular complexity index is 624. The highest BCUT2D eigenvalue weighted by Gasteiger charge is 2.42. The molecule has 1 aliphatic rings. The summed E-state index contributed by atoms with van der Waals surface area (Å²) in [7, 11) is 0. The van der Waals surface area contributed by atoms with Gasteiger partial charge in [-0.15, -0.1) is 0 Å². The molecule has 1 aromatic rings. The van der Waals surface area contributed by atoms with E-state index >= 15 is 0 Å². The lowest BCUT2D eigenvalue weighted by Gasteiger charge is -2.40. The lowest BCUT2D eigenvalue weighted by Crippen LogP contribution is -2.60. The van der Waals surface area contributed by atoms with E-state index in [1.54, 1.807) is 18.2 Å². The number of hydrogen-bond acceptors (Lipinski definition) is 2. The predicted octanol–water partition coefficient (Wildman–Crippen LogP) is 4.22. The van der Waals surface area contributed by atoms with Crippen LogP contribution in [0.25, 0.3) is 0 Å². The standard InChI is InChI=1S/C19H26Cl2N2O2/c1-3-23(4-2)18(25)19(10-6-5-7-11-19)22-17(24)13-14-8-9-15(20)16(21)12-14/h8-9,12H,3-7,10-11,13H2,1-2H3,(H,22,24). The van der Waals surface area contributed by atoms with Gasteiger partial charge in [0.1, 0.15) is 5.54 Å². The second kappa shape index (κ2) is 8.91. The van der Waals surface area contributed by atoms with Crippen LogP contribution in [0, 0.1) is 0 Å². The summed E-state index contributed by atoms with van der Waals surface area (Å²) in [5.41, 5.74) is 0.0190. The molecule has 1 saturated carbocycles. The van der Waals surface area contributed by atoms with Crippen LogP contribution < -0.4 is 5.32 Å². The van der Waals surface area contributed by atoms with Crippen molar-refractivity contribution in [1.29, 1.82) is 0 Å². The predicted molar refractivity (Wildman–Crippen MR) is 102 cm³/mol. The van der Waals surface area contributed by atoms with E-state index in [0.717, 1.165) is 24.8 Å². The maximum Gasteiger partial charge on any atom is 0.248 e. The molecule has 6 heteroatoms. The van der Waals surface area contributed by atoms with Crippen LogP contribution in [-0.2, 0) is 16.0 Å². The lowest BCUT2D eigenvalue weighted by atomic mass is 9.80. The van der Waals surface area contributed by atoms with E-state index in [9.17, 15) is 9.59 Å². The molecule has 138 valence electrons. The molecule has 0 unspecified atom stereocenters. The zero-order chi connectivity index (χ0) is 18.4. The van der Waals surface area contributed by atoms with Gasteiger partial charge in [-0.25, -0.2) is 0 Å². The Morgan fingerprint density at radius 2 is 1.72 bits per heavy atom. The molecule has 0 bridgehead atoms. The van der Waals surface area contributed by atoms with Crippen molar-refractivity contribution in [3.8, 4) is 0 Å². The van der Waals surface area contributed by atoms with Crippen molar-refractivity contribution in [2.75, 3.05) is 13.1 Å². The molecule has 0 spiro atoms. The average Bonchev–Trinajstić information content (AvgIpc) is 2.60. The Balaban J connectivity index is 2.14. The topological polar surface area (TPSA) is 49.4 Å². The lowest BCUT2D eigenvalue weighted by molar-refractivity contribution is -0.143. The Kier molecular flexibility index (Phi) is 7.14. The van der Waals surface area contributed by atoms with Crippen LogP contribution in [0.3, 0.4) is 0 Å². The second-order valence-corrected chi connectivity index (χ2v) is 7.41. The van der Waals surface area contributed by atoms with Crippen molar-refractivity contribution in [3.05, 3.63) is 33.8 Å². The molecule has 0 aliphatic heterocycles. The Morgan fingerprint density at radius 1 is 1.08 bits per heavy atom. The molecular formula is C19H26Cl2N2O2. The highest BCUT2D eigenvalue weighted by Crippen LogP contribution is 2.30. The van der Waals surface area contributed by atoms with Gasteiger partial charge in [0.25, 0.3) is 0 Å². The third-order valence-corrected chi connectivity index (χ3v) is 5.63. The van der Waals surface area contributed by atoms with Crippen LogP contribution >= 0.6 is 23.2 Å². The number of carbonyl (C=O) groups is 2. The van der Waals surface area contributed by atoms with E-state index in [-0.39, 0.29) is 18.2 Å². The molecule has 1 fully saturated rings. The minimum atomic E-state index is -0.766. The summed E-state index contributed by atoms with van der Waals surface area (Å²) < 4.78 is 0. The Morgan fingerprint density at radius 3 is 2.28 bits per heavy atom. The van der Waals surface area contributed by atoms with Gasteiger partial charge in [-0.2, -0.15) is 0 Å². The summed E-state index contributed by atoms with van der Waals surface area (Å²) in [4.78, 5) is 27.5. The third kappa shape index (κ3) is 4.89. The molecular weight excluding hydrogens is 359 g/mol. The molecule has 0 radical (unpaired) electrons. The number of nitrogens with zero attached hydrogens (tertiary/aromatic N) is 1. The van der Waals surface area contributed by atoms with Crippen molar-refractivity contribution >= 4 is 35.0 Å². The van der Waals surface area contributed by atoms with Crippen molar-refractivity contribution < 1.29 is 9.59 Å². The highest BCUT2D eigenvalue weighted by atomic mass is 35.5. The van der Waals surface area contributed by atoms with E-state index < -0.39 is 5.54 Å². The summed E-state index contributed by atoms with van der Waals surface area (Å²) in [6.45, 7) is 5.24. The van der Waals surface area contributed by atoms with E-state index in [0.29, 0.717) is 36.0 Å². The van der Waals surface area contributed by atoms with Gasteiger partial charge < -0.3 is 10.2 Å². The minimum absolute atomic E-state index is 0.0414. The summed E-state index contributed by atoms with van der Waals surface area (Å²) in [6, 6.07) is 5.17. The third-order valence-electron chi connectivity index (χ3n) is 4.89. The first kappa shape index (κ1) is 20.1. The molecule has 0 atom stereocenters. The van der Waals surface area contributed by atoms with Crippen molar-refractivity contribution in [2.24, 2.45) is 0 Å².